The highest BCUT2D eigenvalue weighted by molar-refractivity contribution is 5.87. The molecule has 100 valence electrons. The number of nitrogens with two attached hydrogens (primary N) is 1. The van der Waals surface area contributed by atoms with Crippen LogP contribution in [-0.2, 0) is 9.59 Å². The maximum Gasteiger partial charge on any atom is 0.239 e. The minimum Gasteiger partial charge on any atom is -0.355 e. The quantitative estimate of drug-likeness (QED) is 0.677. The third-order valence-corrected chi connectivity index (χ3v) is 2.87. The van der Waals surface area contributed by atoms with E-state index in [1.807, 2.05) is 20.8 Å². The minimum atomic E-state index is -0.524. The van der Waals surface area contributed by atoms with Crippen molar-refractivity contribution in [1.82, 2.24) is 10.2 Å². The second-order valence-electron chi connectivity index (χ2n) is 4.46. The molecule has 0 aliphatic carbocycles. The van der Waals surface area contributed by atoms with E-state index in [-0.39, 0.29) is 24.3 Å². The molecule has 0 aromatic rings. The fraction of sp³-hybridized carbons (Fsp3) is 0.833. The zero-order chi connectivity index (χ0) is 13.4. The lowest BCUT2D eigenvalue weighted by Crippen LogP contribution is -2.48. The highest BCUT2D eigenvalue weighted by Gasteiger charge is 2.23. The molecule has 0 fully saturated rings. The Labute approximate surface area is 104 Å². The largest absolute Gasteiger partial charge is 0.355 e. The summed E-state index contributed by atoms with van der Waals surface area (Å²) in [5, 5.41) is 2.73. The van der Waals surface area contributed by atoms with E-state index >= 15 is 0 Å². The van der Waals surface area contributed by atoms with Crippen molar-refractivity contribution in [3.63, 3.8) is 0 Å². The van der Waals surface area contributed by atoms with Gasteiger partial charge in [-0.15, -0.1) is 0 Å². The Morgan fingerprint density at radius 3 is 2.41 bits per heavy atom. The Kier molecular flexibility index (Phi) is 7.54. The molecule has 0 rings (SSSR count). The third kappa shape index (κ3) is 5.68. The van der Waals surface area contributed by atoms with Crippen molar-refractivity contribution < 1.29 is 9.59 Å². The van der Waals surface area contributed by atoms with E-state index in [2.05, 4.69) is 5.32 Å². The van der Waals surface area contributed by atoms with Gasteiger partial charge in [0.05, 0.1) is 12.6 Å². The first-order valence-corrected chi connectivity index (χ1v) is 6.21. The van der Waals surface area contributed by atoms with Gasteiger partial charge in [0.25, 0.3) is 0 Å². The summed E-state index contributed by atoms with van der Waals surface area (Å²) in [6.07, 6.45) is 1.73. The normalized spacial score (nSPS) is 13.9. The SMILES string of the molecule is CCCNC(=O)CN(C)C(=O)[C@@H](N)[C@@H](C)CC. The van der Waals surface area contributed by atoms with Crippen LogP contribution in [0.2, 0.25) is 0 Å². The van der Waals surface area contributed by atoms with E-state index in [4.69, 9.17) is 5.73 Å². The Bertz CT molecular complexity index is 256. The van der Waals surface area contributed by atoms with Gasteiger partial charge in [0.2, 0.25) is 11.8 Å². The molecule has 5 heteroatoms. The highest BCUT2D eigenvalue weighted by Crippen LogP contribution is 2.07. The Morgan fingerprint density at radius 2 is 1.94 bits per heavy atom. The number of amides is 2. The van der Waals surface area contributed by atoms with Crippen molar-refractivity contribution >= 4 is 11.8 Å². The lowest BCUT2D eigenvalue weighted by atomic mass is 9.99. The van der Waals surface area contributed by atoms with Crippen LogP contribution >= 0.6 is 0 Å². The standard InChI is InChI=1S/C12H25N3O2/c1-5-7-14-10(16)8-15(4)12(17)11(13)9(3)6-2/h9,11H,5-8,13H2,1-4H3,(H,14,16)/t9-,11-/m0/s1. The Morgan fingerprint density at radius 1 is 1.35 bits per heavy atom. The molecule has 0 aliphatic heterocycles. The lowest BCUT2D eigenvalue weighted by molar-refractivity contribution is -0.136. The molecule has 0 aromatic heterocycles. The van der Waals surface area contributed by atoms with Crippen LogP contribution in [0.25, 0.3) is 0 Å². The maximum absolute atomic E-state index is 11.9. The smallest absolute Gasteiger partial charge is 0.239 e. The summed E-state index contributed by atoms with van der Waals surface area (Å²) in [5.74, 6) is -0.186. The predicted molar refractivity (Wildman–Crippen MR) is 68.4 cm³/mol. The van der Waals surface area contributed by atoms with Crippen LogP contribution in [0.5, 0.6) is 0 Å². The van der Waals surface area contributed by atoms with E-state index in [9.17, 15) is 9.59 Å². The van der Waals surface area contributed by atoms with E-state index in [0.29, 0.717) is 6.54 Å². The number of hydrogen-bond acceptors (Lipinski definition) is 3. The van der Waals surface area contributed by atoms with Gasteiger partial charge in [-0.25, -0.2) is 0 Å². The van der Waals surface area contributed by atoms with Crippen LogP contribution in [0.15, 0.2) is 0 Å². The van der Waals surface area contributed by atoms with Crippen molar-refractivity contribution in [3.05, 3.63) is 0 Å². The topological polar surface area (TPSA) is 75.4 Å². The summed E-state index contributed by atoms with van der Waals surface area (Å²) in [6, 6.07) is -0.524. The van der Waals surface area contributed by atoms with Crippen LogP contribution in [0, 0.1) is 5.92 Å². The fourth-order valence-electron chi connectivity index (χ4n) is 1.37. The lowest BCUT2D eigenvalue weighted by Gasteiger charge is -2.24. The van der Waals surface area contributed by atoms with Gasteiger partial charge >= 0.3 is 0 Å². The van der Waals surface area contributed by atoms with Gasteiger partial charge in [-0.05, 0) is 12.3 Å². The number of nitrogens with zero attached hydrogens (tertiary/aromatic N) is 1. The van der Waals surface area contributed by atoms with Crippen molar-refractivity contribution in [2.24, 2.45) is 11.7 Å². The summed E-state index contributed by atoms with van der Waals surface area (Å²) in [4.78, 5) is 24.7. The maximum atomic E-state index is 11.9. The Hall–Kier alpha value is -1.10. The number of nitrogens with one attached hydrogen (secondary N) is 1. The van der Waals surface area contributed by atoms with Crippen LogP contribution in [-0.4, -0.2) is 42.9 Å². The third-order valence-electron chi connectivity index (χ3n) is 2.87. The van der Waals surface area contributed by atoms with Crippen molar-refractivity contribution in [3.8, 4) is 0 Å². The van der Waals surface area contributed by atoms with Crippen molar-refractivity contribution in [2.75, 3.05) is 20.1 Å². The van der Waals surface area contributed by atoms with Crippen LogP contribution in [0.1, 0.15) is 33.6 Å². The number of carbonyl (C=O) groups excluding carboxylic acids is 2. The molecule has 0 bridgehead atoms. The van der Waals surface area contributed by atoms with Gasteiger partial charge in [-0.2, -0.15) is 0 Å². The monoisotopic (exact) mass is 243 g/mol. The molecule has 2 atom stereocenters. The van der Waals surface area contributed by atoms with E-state index in [1.54, 1.807) is 7.05 Å². The fourth-order valence-corrected chi connectivity index (χ4v) is 1.37. The zero-order valence-electron chi connectivity index (χ0n) is 11.3. The van der Waals surface area contributed by atoms with Gasteiger partial charge in [0, 0.05) is 13.6 Å². The van der Waals surface area contributed by atoms with Gasteiger partial charge in [-0.3, -0.25) is 9.59 Å². The molecule has 0 radical (unpaired) electrons. The van der Waals surface area contributed by atoms with Gasteiger partial charge in [0.15, 0.2) is 0 Å². The zero-order valence-corrected chi connectivity index (χ0v) is 11.3. The van der Waals surface area contributed by atoms with Crippen LogP contribution in [0.4, 0.5) is 0 Å². The van der Waals surface area contributed by atoms with Crippen molar-refractivity contribution in [2.45, 2.75) is 39.7 Å². The van der Waals surface area contributed by atoms with Crippen LogP contribution < -0.4 is 11.1 Å². The molecule has 0 spiro atoms. The van der Waals surface area contributed by atoms with Gasteiger partial charge < -0.3 is 16.0 Å². The van der Waals surface area contributed by atoms with E-state index in [1.165, 1.54) is 4.90 Å². The summed E-state index contributed by atoms with van der Waals surface area (Å²) in [6.45, 7) is 6.62. The molecule has 0 saturated heterocycles. The highest BCUT2D eigenvalue weighted by atomic mass is 16.2. The summed E-state index contributed by atoms with van der Waals surface area (Å²) in [5.41, 5.74) is 5.83. The molecule has 0 saturated carbocycles. The number of hydrogen-bond donors (Lipinski definition) is 2. The number of carbonyl (C=O) groups is 2. The second-order valence-corrected chi connectivity index (χ2v) is 4.46. The average molecular weight is 243 g/mol. The first-order valence-electron chi connectivity index (χ1n) is 6.21. The first-order chi connectivity index (χ1) is 7.93. The molecule has 0 unspecified atom stereocenters. The number of rotatable bonds is 7. The molecule has 2 amide bonds. The molecular weight excluding hydrogens is 218 g/mol. The average Bonchev–Trinajstić information content (AvgIpc) is 2.33. The molecule has 3 N–H and O–H groups in total. The Balaban J connectivity index is 4.17. The van der Waals surface area contributed by atoms with Crippen molar-refractivity contribution in [1.29, 1.82) is 0 Å². The van der Waals surface area contributed by atoms with Crippen LogP contribution in [0.3, 0.4) is 0 Å². The molecule has 5 nitrogen and oxygen atoms in total. The number of likely N-dealkylation sites (N-methyl/N-ethyl adjacent to an activating group) is 1. The minimum absolute atomic E-state index is 0.0724. The summed E-state index contributed by atoms with van der Waals surface area (Å²) >= 11 is 0. The molecule has 0 heterocycles. The molecule has 17 heavy (non-hydrogen) atoms. The molecule has 0 aliphatic rings. The second kappa shape index (κ2) is 8.06. The summed E-state index contributed by atoms with van der Waals surface area (Å²) < 4.78 is 0. The van der Waals surface area contributed by atoms with E-state index in [0.717, 1.165) is 12.8 Å². The van der Waals surface area contributed by atoms with Gasteiger partial charge in [-0.1, -0.05) is 27.2 Å². The van der Waals surface area contributed by atoms with Gasteiger partial charge in [0.1, 0.15) is 0 Å². The predicted octanol–water partition coefficient (Wildman–Crippen LogP) is 0.344. The first kappa shape index (κ1) is 15.9. The molecule has 0 aromatic carbocycles. The van der Waals surface area contributed by atoms with E-state index < -0.39 is 6.04 Å². The molecular formula is C12H25N3O2. The summed E-state index contributed by atoms with van der Waals surface area (Å²) in [7, 11) is 1.61.